The molecule has 1 aliphatic rings. The first-order valence-corrected chi connectivity index (χ1v) is 23.3. The van der Waals surface area contributed by atoms with Gasteiger partial charge in [0.2, 0.25) is 0 Å². The van der Waals surface area contributed by atoms with E-state index in [2.05, 4.69) is 13.8 Å². The van der Waals surface area contributed by atoms with Crippen LogP contribution < -0.4 is 0 Å². The monoisotopic (exact) mass is 813 g/mol. The highest BCUT2D eigenvalue weighted by atomic mass is 31.2. The number of nitrogens with zero attached hydrogens (tertiary/aromatic N) is 1. The molecule has 1 aliphatic carbocycles. The lowest BCUT2D eigenvalue weighted by Gasteiger charge is -2.24. The lowest BCUT2D eigenvalue weighted by molar-refractivity contribution is -0.870. The van der Waals surface area contributed by atoms with Crippen LogP contribution in [-0.4, -0.2) is 91.9 Å². The number of rotatable bonds is 36. The maximum atomic E-state index is 12.8. The van der Waals surface area contributed by atoms with E-state index in [4.69, 9.17) is 18.5 Å². The van der Waals surface area contributed by atoms with Crippen molar-refractivity contribution in [3.8, 4) is 0 Å². The Labute approximate surface area is 339 Å². The van der Waals surface area contributed by atoms with Crippen LogP contribution in [0.15, 0.2) is 36.5 Å². The summed E-state index contributed by atoms with van der Waals surface area (Å²) < 4.78 is 34.2. The van der Waals surface area contributed by atoms with Gasteiger partial charge in [0.05, 0.1) is 33.9 Å². The van der Waals surface area contributed by atoms with Crippen LogP contribution in [0.5, 0.6) is 0 Å². The zero-order chi connectivity index (χ0) is 41.5. The first-order valence-electron chi connectivity index (χ1n) is 21.8. The average Bonchev–Trinajstić information content (AvgIpc) is 3.49. The fourth-order valence-corrected chi connectivity index (χ4v) is 7.10. The van der Waals surface area contributed by atoms with Gasteiger partial charge in [-0.05, 0) is 44.1 Å². The zero-order valence-corrected chi connectivity index (χ0v) is 36.6. The molecule has 0 aromatic rings. The van der Waals surface area contributed by atoms with Crippen LogP contribution in [0.1, 0.15) is 155 Å². The molecule has 56 heavy (non-hydrogen) atoms. The van der Waals surface area contributed by atoms with Crippen LogP contribution in [0, 0.1) is 11.8 Å². The number of allylic oxidation sites excluding steroid dienone is 5. The minimum atomic E-state index is -4.43. The molecule has 0 fully saturated rings. The van der Waals surface area contributed by atoms with E-state index in [-0.39, 0.29) is 43.7 Å². The van der Waals surface area contributed by atoms with Crippen LogP contribution in [0.4, 0.5) is 0 Å². The summed E-state index contributed by atoms with van der Waals surface area (Å²) in [5.41, 5.74) is 0. The summed E-state index contributed by atoms with van der Waals surface area (Å²) in [4.78, 5) is 47.9. The third kappa shape index (κ3) is 29.1. The fraction of sp³-hybridized carbons (Fsp3) is 0.795. The van der Waals surface area contributed by atoms with Crippen molar-refractivity contribution in [1.82, 2.24) is 0 Å². The van der Waals surface area contributed by atoms with E-state index < -0.39 is 38.6 Å². The van der Waals surface area contributed by atoms with E-state index in [0.29, 0.717) is 43.1 Å². The normalized spacial score (nSPS) is 18.2. The minimum absolute atomic E-state index is 0.00366. The Morgan fingerprint density at radius 3 is 2.02 bits per heavy atom. The number of ketones is 1. The first-order chi connectivity index (χ1) is 26.8. The van der Waals surface area contributed by atoms with Gasteiger partial charge in [-0.1, -0.05) is 141 Å². The number of hydrogen-bond donors (Lipinski definition) is 2. The molecule has 0 bridgehead atoms. The van der Waals surface area contributed by atoms with E-state index >= 15 is 0 Å². The topological polar surface area (TPSA) is 146 Å². The number of ether oxygens (including phenoxy) is 2. The van der Waals surface area contributed by atoms with Gasteiger partial charge in [0.25, 0.3) is 0 Å². The summed E-state index contributed by atoms with van der Waals surface area (Å²) in [7, 11) is 1.35. The average molecular weight is 813 g/mol. The van der Waals surface area contributed by atoms with E-state index in [1.165, 1.54) is 57.8 Å². The Kier molecular flexibility index (Phi) is 29.5. The molecule has 0 radical (unpaired) electrons. The highest BCUT2D eigenvalue weighted by Crippen LogP contribution is 2.43. The number of phosphoric acid groups is 1. The molecule has 324 valence electrons. The summed E-state index contributed by atoms with van der Waals surface area (Å²) in [6, 6.07) is 0. The van der Waals surface area contributed by atoms with Gasteiger partial charge in [0.15, 0.2) is 11.9 Å². The van der Waals surface area contributed by atoms with Gasteiger partial charge in [-0.25, -0.2) is 4.57 Å². The molecule has 1 rings (SSSR count). The maximum Gasteiger partial charge on any atom is 0.472 e. The van der Waals surface area contributed by atoms with Crippen molar-refractivity contribution in [2.24, 2.45) is 11.8 Å². The Hall–Kier alpha value is -2.14. The Morgan fingerprint density at radius 1 is 0.804 bits per heavy atom. The minimum Gasteiger partial charge on any atom is -0.462 e. The van der Waals surface area contributed by atoms with Crippen molar-refractivity contribution in [2.45, 2.75) is 167 Å². The third-order valence-corrected chi connectivity index (χ3v) is 10.9. The molecule has 0 saturated carbocycles. The Morgan fingerprint density at radius 2 is 1.39 bits per heavy atom. The second-order valence-corrected chi connectivity index (χ2v) is 17.9. The molecule has 11 nitrogen and oxygen atoms in total. The van der Waals surface area contributed by atoms with E-state index in [1.807, 2.05) is 45.4 Å². The first kappa shape index (κ1) is 51.9. The predicted octanol–water partition coefficient (Wildman–Crippen LogP) is 9.75. The van der Waals surface area contributed by atoms with Gasteiger partial charge in [0, 0.05) is 18.8 Å². The summed E-state index contributed by atoms with van der Waals surface area (Å²) >= 11 is 0. The predicted molar refractivity (Wildman–Crippen MR) is 224 cm³/mol. The third-order valence-electron chi connectivity index (χ3n) is 9.92. The van der Waals surface area contributed by atoms with Gasteiger partial charge in [0.1, 0.15) is 19.8 Å². The molecule has 1 unspecified atom stereocenters. The molecule has 2 N–H and O–H groups in total. The van der Waals surface area contributed by atoms with Crippen molar-refractivity contribution < 1.29 is 52.0 Å². The number of quaternary nitrogens is 1. The summed E-state index contributed by atoms with van der Waals surface area (Å²) in [6.07, 6.45) is 31.0. The van der Waals surface area contributed by atoms with Crippen LogP contribution in [0.2, 0.25) is 0 Å². The maximum absolute atomic E-state index is 12.8. The number of likely N-dealkylation sites (N-methyl/N-ethyl adjacent to an activating group) is 1. The Balaban J connectivity index is 2.49. The molecule has 0 spiro atoms. The number of carbonyl (C=O) groups is 3. The molecule has 0 amide bonds. The van der Waals surface area contributed by atoms with Crippen molar-refractivity contribution in [2.75, 3.05) is 47.5 Å². The zero-order valence-electron chi connectivity index (χ0n) is 35.7. The van der Waals surface area contributed by atoms with Crippen molar-refractivity contribution in [3.63, 3.8) is 0 Å². The van der Waals surface area contributed by atoms with E-state index in [9.17, 15) is 28.9 Å². The second-order valence-electron chi connectivity index (χ2n) is 16.4. The number of aliphatic hydroxyl groups is 1. The van der Waals surface area contributed by atoms with Gasteiger partial charge < -0.3 is 24.0 Å². The van der Waals surface area contributed by atoms with Gasteiger partial charge in [-0.15, -0.1) is 0 Å². The fourth-order valence-electron chi connectivity index (χ4n) is 6.36. The van der Waals surface area contributed by atoms with Crippen molar-refractivity contribution in [3.05, 3.63) is 36.5 Å². The molecular formula is C44H79NO10P+. The molecule has 12 heteroatoms. The van der Waals surface area contributed by atoms with Crippen molar-refractivity contribution in [1.29, 1.82) is 0 Å². The quantitative estimate of drug-likeness (QED) is 0.0206. The SMILES string of the molecule is CCCCCCCCCCCCCCCC(=O)OC[C@H](COP(=O)(O)OCC[N+](C)(C)C)OC(=O)CCC/C=C\C[C@H]1C=CC(=O)[C@@H]1/C=C/[C@@H](O)CCCCC. The van der Waals surface area contributed by atoms with Crippen LogP contribution >= 0.6 is 7.82 Å². The Bertz CT molecular complexity index is 1200. The highest BCUT2D eigenvalue weighted by molar-refractivity contribution is 7.47. The van der Waals surface area contributed by atoms with Crippen LogP contribution in [-0.2, 0) is 37.5 Å². The van der Waals surface area contributed by atoms with Gasteiger partial charge in [-0.3, -0.25) is 23.4 Å². The van der Waals surface area contributed by atoms with Crippen LogP contribution in [0.25, 0.3) is 0 Å². The molecule has 0 saturated heterocycles. The van der Waals surface area contributed by atoms with E-state index in [1.54, 1.807) is 12.2 Å². The number of unbranched alkanes of at least 4 members (excludes halogenated alkanes) is 15. The standard InChI is InChI=1S/C44H78NO10P/c1-6-8-10-11-12-13-14-15-16-17-18-19-24-28-43(48)52-36-40(37-54-56(50,51)53-35-34-45(3,4)5)55-44(49)29-25-21-20-23-26-38-30-33-42(47)41(38)32-31-39(46)27-22-9-7-2/h20,23,30-33,38-41,46H,6-19,21-22,24-29,34-37H2,1-5H3/p+1/b23-20-,32-31+/t38-,39-,40+,41+/m0/s1. The molecule has 0 aromatic heterocycles. The molecule has 0 aromatic carbocycles. The van der Waals surface area contributed by atoms with Crippen molar-refractivity contribution >= 4 is 25.5 Å². The molecular weight excluding hydrogens is 733 g/mol. The summed E-state index contributed by atoms with van der Waals surface area (Å²) in [5, 5.41) is 10.2. The highest BCUT2D eigenvalue weighted by Gasteiger charge is 2.28. The summed E-state index contributed by atoms with van der Waals surface area (Å²) in [5.74, 6) is -1.17. The molecule has 0 aliphatic heterocycles. The van der Waals surface area contributed by atoms with Gasteiger partial charge in [-0.2, -0.15) is 0 Å². The van der Waals surface area contributed by atoms with Crippen LogP contribution in [0.3, 0.4) is 0 Å². The number of phosphoric ester groups is 1. The summed E-state index contributed by atoms with van der Waals surface area (Å²) in [6.45, 7) is 4.08. The number of esters is 2. The largest absolute Gasteiger partial charge is 0.472 e. The lowest BCUT2D eigenvalue weighted by atomic mass is 9.90. The second kappa shape index (κ2) is 31.8. The number of hydrogen-bond acceptors (Lipinski definition) is 9. The number of carbonyl (C=O) groups excluding carboxylic acids is 3. The lowest BCUT2D eigenvalue weighted by Crippen LogP contribution is -2.37. The molecule has 0 heterocycles. The van der Waals surface area contributed by atoms with Gasteiger partial charge >= 0.3 is 19.8 Å². The smallest absolute Gasteiger partial charge is 0.462 e. The number of aliphatic hydroxyl groups excluding tert-OH is 1. The molecule has 5 atom stereocenters. The van der Waals surface area contributed by atoms with E-state index in [0.717, 1.165) is 38.5 Å².